The maximum atomic E-state index is 12.1. The molecule has 0 bridgehead atoms. The summed E-state index contributed by atoms with van der Waals surface area (Å²) >= 11 is 1.78. The second-order valence-corrected chi connectivity index (χ2v) is 6.26. The standard InChI is InChI=1S/C14H23N3OS/c1-10(2)13(12-5-4-8-19-12)17-7-6-16-9-11(17)14(18)15-3/h4-5,8,10-11,13,16H,6-7,9H2,1-3H3,(H,15,18). The monoisotopic (exact) mass is 281 g/mol. The molecule has 19 heavy (non-hydrogen) atoms. The van der Waals surface area contributed by atoms with Crippen LogP contribution in [0, 0.1) is 5.92 Å². The molecule has 106 valence electrons. The fraction of sp³-hybridized carbons (Fsp3) is 0.643. The zero-order valence-corrected chi connectivity index (χ0v) is 12.7. The first-order valence-corrected chi connectivity index (χ1v) is 7.74. The van der Waals surface area contributed by atoms with Crippen LogP contribution in [0.25, 0.3) is 0 Å². The molecule has 0 saturated carbocycles. The molecule has 1 amide bonds. The van der Waals surface area contributed by atoms with E-state index in [9.17, 15) is 4.79 Å². The van der Waals surface area contributed by atoms with Crippen molar-refractivity contribution in [2.75, 3.05) is 26.7 Å². The third kappa shape index (κ3) is 3.16. The average molecular weight is 281 g/mol. The third-order valence-corrected chi connectivity index (χ3v) is 4.60. The number of carbonyl (C=O) groups excluding carboxylic acids is 1. The Morgan fingerprint density at radius 1 is 1.58 bits per heavy atom. The molecule has 4 nitrogen and oxygen atoms in total. The van der Waals surface area contributed by atoms with Crippen molar-refractivity contribution in [2.45, 2.75) is 25.9 Å². The molecule has 1 saturated heterocycles. The Morgan fingerprint density at radius 3 is 2.95 bits per heavy atom. The highest BCUT2D eigenvalue weighted by Crippen LogP contribution is 2.33. The van der Waals surface area contributed by atoms with E-state index in [-0.39, 0.29) is 11.9 Å². The average Bonchev–Trinajstić information content (AvgIpc) is 2.92. The Hall–Kier alpha value is -0.910. The topological polar surface area (TPSA) is 44.4 Å². The van der Waals surface area contributed by atoms with Crippen LogP contribution in [-0.2, 0) is 4.79 Å². The zero-order chi connectivity index (χ0) is 13.8. The van der Waals surface area contributed by atoms with Gasteiger partial charge in [-0.15, -0.1) is 11.3 Å². The number of piperazine rings is 1. The number of thiophene rings is 1. The van der Waals surface area contributed by atoms with Crippen LogP contribution < -0.4 is 10.6 Å². The van der Waals surface area contributed by atoms with Gasteiger partial charge in [0, 0.05) is 37.6 Å². The minimum absolute atomic E-state index is 0.0757. The second-order valence-electron chi connectivity index (χ2n) is 5.28. The van der Waals surface area contributed by atoms with Crippen LogP contribution in [-0.4, -0.2) is 43.5 Å². The Labute approximate surface area is 119 Å². The minimum atomic E-state index is -0.0757. The van der Waals surface area contributed by atoms with Crippen molar-refractivity contribution in [3.8, 4) is 0 Å². The van der Waals surface area contributed by atoms with E-state index in [4.69, 9.17) is 0 Å². The molecule has 2 rings (SSSR count). The van der Waals surface area contributed by atoms with Crippen molar-refractivity contribution in [2.24, 2.45) is 5.92 Å². The van der Waals surface area contributed by atoms with Gasteiger partial charge in [0.2, 0.25) is 5.91 Å². The summed E-state index contributed by atoms with van der Waals surface area (Å²) in [5.74, 6) is 0.596. The summed E-state index contributed by atoms with van der Waals surface area (Å²) in [7, 11) is 1.71. The Morgan fingerprint density at radius 2 is 2.37 bits per heavy atom. The number of amides is 1. The summed E-state index contributed by atoms with van der Waals surface area (Å²) in [6.45, 7) is 7.05. The van der Waals surface area contributed by atoms with Gasteiger partial charge in [-0.25, -0.2) is 0 Å². The Bertz CT molecular complexity index is 405. The molecule has 0 aliphatic carbocycles. The van der Waals surface area contributed by atoms with Crippen LogP contribution in [0.2, 0.25) is 0 Å². The molecule has 1 aromatic rings. The van der Waals surface area contributed by atoms with Crippen molar-refractivity contribution < 1.29 is 4.79 Å². The van der Waals surface area contributed by atoms with Gasteiger partial charge in [0.15, 0.2) is 0 Å². The molecular weight excluding hydrogens is 258 g/mol. The summed E-state index contributed by atoms with van der Waals surface area (Å²) in [6, 6.07) is 4.52. The fourth-order valence-corrected chi connectivity index (χ4v) is 3.82. The summed E-state index contributed by atoms with van der Waals surface area (Å²) < 4.78 is 0. The van der Waals surface area contributed by atoms with Crippen LogP contribution in [0.3, 0.4) is 0 Å². The number of hydrogen-bond acceptors (Lipinski definition) is 4. The quantitative estimate of drug-likeness (QED) is 0.878. The number of nitrogens with one attached hydrogen (secondary N) is 2. The van der Waals surface area contributed by atoms with Crippen LogP contribution in [0.5, 0.6) is 0 Å². The molecule has 1 aromatic heterocycles. The molecule has 2 heterocycles. The number of hydrogen-bond donors (Lipinski definition) is 2. The fourth-order valence-electron chi connectivity index (χ4n) is 2.80. The van der Waals surface area contributed by atoms with Gasteiger partial charge in [0.1, 0.15) is 6.04 Å². The summed E-state index contributed by atoms with van der Waals surface area (Å²) in [5, 5.41) is 8.22. The van der Waals surface area contributed by atoms with Crippen LogP contribution in [0.15, 0.2) is 17.5 Å². The first-order valence-electron chi connectivity index (χ1n) is 6.86. The molecule has 0 aromatic carbocycles. The molecule has 5 heteroatoms. The van der Waals surface area contributed by atoms with E-state index in [1.165, 1.54) is 4.88 Å². The van der Waals surface area contributed by atoms with Gasteiger partial charge in [0.25, 0.3) is 0 Å². The number of carbonyl (C=O) groups is 1. The predicted molar refractivity (Wildman–Crippen MR) is 79.3 cm³/mol. The van der Waals surface area contributed by atoms with Gasteiger partial charge >= 0.3 is 0 Å². The highest BCUT2D eigenvalue weighted by molar-refractivity contribution is 7.10. The SMILES string of the molecule is CNC(=O)C1CNCCN1C(c1cccs1)C(C)C. The lowest BCUT2D eigenvalue weighted by atomic mass is 9.97. The van der Waals surface area contributed by atoms with E-state index >= 15 is 0 Å². The van der Waals surface area contributed by atoms with E-state index in [0.717, 1.165) is 19.6 Å². The first kappa shape index (κ1) is 14.5. The van der Waals surface area contributed by atoms with E-state index < -0.39 is 0 Å². The molecular formula is C14H23N3OS. The van der Waals surface area contributed by atoms with E-state index in [1.807, 2.05) is 0 Å². The summed E-state index contributed by atoms with van der Waals surface area (Å²) in [5.41, 5.74) is 0. The van der Waals surface area contributed by atoms with Crippen molar-refractivity contribution >= 4 is 17.2 Å². The maximum absolute atomic E-state index is 12.1. The normalized spacial score (nSPS) is 22.4. The molecule has 1 aliphatic heterocycles. The minimum Gasteiger partial charge on any atom is -0.358 e. The second kappa shape index (κ2) is 6.50. The summed E-state index contributed by atoms with van der Waals surface area (Å²) in [6.07, 6.45) is 0. The van der Waals surface area contributed by atoms with E-state index in [0.29, 0.717) is 12.0 Å². The largest absolute Gasteiger partial charge is 0.358 e. The van der Waals surface area contributed by atoms with E-state index in [2.05, 4.69) is 46.9 Å². The van der Waals surface area contributed by atoms with Crippen LogP contribution in [0.1, 0.15) is 24.8 Å². The molecule has 0 spiro atoms. The van der Waals surface area contributed by atoms with E-state index in [1.54, 1.807) is 18.4 Å². The van der Waals surface area contributed by atoms with Crippen LogP contribution >= 0.6 is 11.3 Å². The van der Waals surface area contributed by atoms with Gasteiger partial charge < -0.3 is 10.6 Å². The molecule has 2 unspecified atom stereocenters. The maximum Gasteiger partial charge on any atom is 0.238 e. The number of nitrogens with zero attached hydrogens (tertiary/aromatic N) is 1. The number of rotatable bonds is 4. The van der Waals surface area contributed by atoms with Crippen molar-refractivity contribution in [3.05, 3.63) is 22.4 Å². The lowest BCUT2D eigenvalue weighted by molar-refractivity contribution is -0.128. The lowest BCUT2D eigenvalue weighted by Gasteiger charge is -2.41. The Balaban J connectivity index is 2.25. The van der Waals surface area contributed by atoms with Gasteiger partial charge in [0.05, 0.1) is 0 Å². The smallest absolute Gasteiger partial charge is 0.238 e. The van der Waals surface area contributed by atoms with Gasteiger partial charge in [-0.1, -0.05) is 19.9 Å². The molecule has 0 radical (unpaired) electrons. The van der Waals surface area contributed by atoms with Gasteiger partial charge in [-0.2, -0.15) is 0 Å². The predicted octanol–water partition coefficient (Wildman–Crippen LogP) is 1.47. The molecule has 2 atom stereocenters. The van der Waals surface area contributed by atoms with Gasteiger partial charge in [-0.05, 0) is 17.4 Å². The van der Waals surface area contributed by atoms with Gasteiger partial charge in [-0.3, -0.25) is 9.69 Å². The van der Waals surface area contributed by atoms with Crippen molar-refractivity contribution in [3.63, 3.8) is 0 Å². The molecule has 2 N–H and O–H groups in total. The number of likely N-dealkylation sites (N-methyl/N-ethyl adjacent to an activating group) is 1. The zero-order valence-electron chi connectivity index (χ0n) is 11.8. The first-order chi connectivity index (χ1) is 9.15. The highest BCUT2D eigenvalue weighted by Gasteiger charge is 2.35. The molecule has 1 fully saturated rings. The van der Waals surface area contributed by atoms with Crippen LogP contribution in [0.4, 0.5) is 0 Å². The highest BCUT2D eigenvalue weighted by atomic mass is 32.1. The Kier molecular flexibility index (Phi) is 4.96. The van der Waals surface area contributed by atoms with Crippen molar-refractivity contribution in [1.82, 2.24) is 15.5 Å². The summed E-state index contributed by atoms with van der Waals surface area (Å²) in [4.78, 5) is 15.8. The lowest BCUT2D eigenvalue weighted by Crippen LogP contribution is -2.58. The van der Waals surface area contributed by atoms with Crippen molar-refractivity contribution in [1.29, 1.82) is 0 Å². The molecule has 1 aliphatic rings. The third-order valence-electron chi connectivity index (χ3n) is 3.66.